The maximum atomic E-state index is 12.9. The molecule has 3 aromatic rings. The molecule has 0 aliphatic heterocycles. The second kappa shape index (κ2) is 6.97. The minimum absolute atomic E-state index is 0.00142. The van der Waals surface area contributed by atoms with Crippen molar-refractivity contribution in [1.82, 2.24) is 10.2 Å². The highest BCUT2D eigenvalue weighted by atomic mass is 32.2. The van der Waals surface area contributed by atoms with E-state index in [0.717, 1.165) is 5.56 Å². The van der Waals surface area contributed by atoms with Crippen molar-refractivity contribution >= 4 is 17.5 Å². The van der Waals surface area contributed by atoms with Crippen LogP contribution in [0.15, 0.2) is 58.2 Å². The number of benzene rings is 2. The van der Waals surface area contributed by atoms with Gasteiger partial charge in [0, 0.05) is 11.1 Å². The van der Waals surface area contributed by atoms with Crippen LogP contribution in [-0.2, 0) is 0 Å². The van der Waals surface area contributed by atoms with Gasteiger partial charge in [-0.3, -0.25) is 4.79 Å². The lowest BCUT2D eigenvalue weighted by Gasteiger charge is -2.07. The molecule has 0 saturated carbocycles. The normalized spacial score (nSPS) is 12.1. The third-order valence-electron chi connectivity index (χ3n) is 3.48. The number of aryl methyl sites for hydroxylation is 1. The molecule has 1 heterocycles. The van der Waals surface area contributed by atoms with Crippen LogP contribution < -0.4 is 0 Å². The molecule has 1 atom stereocenters. The smallest absolute Gasteiger partial charge is 0.277 e. The summed E-state index contributed by atoms with van der Waals surface area (Å²) in [6, 6.07) is 13.2. The molecular weight excluding hydrogens is 327 g/mol. The van der Waals surface area contributed by atoms with E-state index in [2.05, 4.69) is 10.2 Å². The first-order valence-corrected chi connectivity index (χ1v) is 8.28. The van der Waals surface area contributed by atoms with Crippen LogP contribution in [0.5, 0.6) is 0 Å². The van der Waals surface area contributed by atoms with Gasteiger partial charge in [-0.1, -0.05) is 41.6 Å². The standard InChI is InChI=1S/C18H15FN2O2S/c1-11-3-5-13(6-4-11)16(22)12(2)24-18-21-20-17(23-18)14-7-9-15(19)10-8-14/h3-10,12H,1-2H3/t12-/m1/s1. The van der Waals surface area contributed by atoms with Crippen LogP contribution in [0.2, 0.25) is 0 Å². The number of ketones is 1. The minimum atomic E-state index is -0.353. The Hall–Kier alpha value is -2.47. The van der Waals surface area contributed by atoms with E-state index in [1.807, 2.05) is 31.2 Å². The Balaban J connectivity index is 1.70. The lowest BCUT2D eigenvalue weighted by atomic mass is 10.1. The number of Topliss-reactive ketones (excluding diaryl/α,β-unsaturated/α-hetero) is 1. The first kappa shape index (κ1) is 16.4. The molecule has 0 bridgehead atoms. The molecule has 0 saturated heterocycles. The molecule has 0 radical (unpaired) electrons. The van der Waals surface area contributed by atoms with Crippen molar-refractivity contribution in [2.24, 2.45) is 0 Å². The summed E-state index contributed by atoms with van der Waals surface area (Å²) in [5, 5.41) is 7.84. The Morgan fingerprint density at radius 1 is 1.08 bits per heavy atom. The number of carbonyl (C=O) groups is 1. The van der Waals surface area contributed by atoms with Crippen molar-refractivity contribution in [3.8, 4) is 11.5 Å². The summed E-state index contributed by atoms with van der Waals surface area (Å²) in [7, 11) is 0. The van der Waals surface area contributed by atoms with Gasteiger partial charge in [0.2, 0.25) is 5.89 Å². The molecule has 2 aromatic carbocycles. The summed E-state index contributed by atoms with van der Waals surface area (Å²) in [6.45, 7) is 3.77. The fraction of sp³-hybridized carbons (Fsp3) is 0.167. The Morgan fingerprint density at radius 3 is 2.42 bits per heavy atom. The largest absolute Gasteiger partial charge is 0.411 e. The number of nitrogens with zero attached hydrogens (tertiary/aromatic N) is 2. The molecule has 4 nitrogen and oxygen atoms in total. The monoisotopic (exact) mass is 342 g/mol. The lowest BCUT2D eigenvalue weighted by Crippen LogP contribution is -2.13. The van der Waals surface area contributed by atoms with Gasteiger partial charge in [-0.2, -0.15) is 0 Å². The van der Waals surface area contributed by atoms with Gasteiger partial charge in [-0.15, -0.1) is 10.2 Å². The molecule has 24 heavy (non-hydrogen) atoms. The van der Waals surface area contributed by atoms with Crippen LogP contribution in [0, 0.1) is 12.7 Å². The maximum absolute atomic E-state index is 12.9. The molecule has 3 rings (SSSR count). The average Bonchev–Trinajstić information content (AvgIpc) is 3.04. The zero-order valence-electron chi connectivity index (χ0n) is 13.2. The number of aromatic nitrogens is 2. The van der Waals surface area contributed by atoms with Gasteiger partial charge < -0.3 is 4.42 Å². The van der Waals surface area contributed by atoms with E-state index in [9.17, 15) is 9.18 Å². The SMILES string of the molecule is Cc1ccc(C(=O)[C@@H](C)Sc2nnc(-c3ccc(F)cc3)o2)cc1. The van der Waals surface area contributed by atoms with Crippen LogP contribution in [-0.4, -0.2) is 21.2 Å². The summed E-state index contributed by atoms with van der Waals surface area (Å²) in [5.74, 6) is -0.0285. The molecule has 0 aliphatic rings. The second-order valence-corrected chi connectivity index (χ2v) is 6.66. The number of hydrogen-bond donors (Lipinski definition) is 0. The van der Waals surface area contributed by atoms with E-state index in [-0.39, 0.29) is 16.9 Å². The molecule has 0 fully saturated rings. The van der Waals surface area contributed by atoms with Gasteiger partial charge in [0.1, 0.15) is 5.82 Å². The molecular formula is C18H15FN2O2S. The van der Waals surface area contributed by atoms with Crippen LogP contribution in [0.4, 0.5) is 4.39 Å². The van der Waals surface area contributed by atoms with Crippen molar-refractivity contribution in [2.75, 3.05) is 0 Å². The quantitative estimate of drug-likeness (QED) is 0.503. The molecule has 0 spiro atoms. The number of carbonyl (C=O) groups excluding carboxylic acids is 1. The summed E-state index contributed by atoms with van der Waals surface area (Å²) in [5.41, 5.74) is 2.39. The van der Waals surface area contributed by atoms with Crippen molar-refractivity contribution in [2.45, 2.75) is 24.3 Å². The van der Waals surface area contributed by atoms with E-state index in [1.54, 1.807) is 19.1 Å². The number of halogens is 1. The summed E-state index contributed by atoms with van der Waals surface area (Å²) < 4.78 is 18.5. The molecule has 0 unspecified atom stereocenters. The van der Waals surface area contributed by atoms with Crippen LogP contribution in [0.25, 0.3) is 11.5 Å². The van der Waals surface area contributed by atoms with E-state index < -0.39 is 0 Å². The van der Waals surface area contributed by atoms with E-state index in [0.29, 0.717) is 22.2 Å². The summed E-state index contributed by atoms with van der Waals surface area (Å²) in [4.78, 5) is 12.4. The van der Waals surface area contributed by atoms with E-state index >= 15 is 0 Å². The lowest BCUT2D eigenvalue weighted by molar-refractivity contribution is 0.0993. The molecule has 0 aliphatic carbocycles. The third kappa shape index (κ3) is 3.71. The van der Waals surface area contributed by atoms with Crippen molar-refractivity contribution < 1.29 is 13.6 Å². The van der Waals surface area contributed by atoms with Gasteiger partial charge in [-0.25, -0.2) is 4.39 Å². The number of thioether (sulfide) groups is 1. The van der Waals surface area contributed by atoms with Crippen LogP contribution in [0.1, 0.15) is 22.8 Å². The average molecular weight is 342 g/mol. The van der Waals surface area contributed by atoms with Gasteiger partial charge in [0.05, 0.1) is 5.25 Å². The van der Waals surface area contributed by atoms with Gasteiger partial charge >= 0.3 is 0 Å². The minimum Gasteiger partial charge on any atom is -0.411 e. The third-order valence-corrected chi connectivity index (χ3v) is 4.41. The molecule has 122 valence electrons. The highest BCUT2D eigenvalue weighted by Crippen LogP contribution is 2.27. The first-order chi connectivity index (χ1) is 11.5. The van der Waals surface area contributed by atoms with Gasteiger partial charge in [0.25, 0.3) is 5.22 Å². The molecule has 6 heteroatoms. The molecule has 0 N–H and O–H groups in total. The number of rotatable bonds is 5. The molecule has 1 aromatic heterocycles. The molecule has 0 amide bonds. The van der Waals surface area contributed by atoms with Crippen molar-refractivity contribution in [1.29, 1.82) is 0 Å². The zero-order valence-corrected chi connectivity index (χ0v) is 14.0. The van der Waals surface area contributed by atoms with Crippen molar-refractivity contribution in [3.05, 3.63) is 65.5 Å². The fourth-order valence-electron chi connectivity index (χ4n) is 2.12. The van der Waals surface area contributed by atoms with E-state index in [4.69, 9.17) is 4.42 Å². The zero-order chi connectivity index (χ0) is 17.1. The van der Waals surface area contributed by atoms with Crippen LogP contribution >= 0.6 is 11.8 Å². The highest BCUT2D eigenvalue weighted by Gasteiger charge is 2.20. The Labute approximate surface area is 143 Å². The van der Waals surface area contributed by atoms with Crippen LogP contribution in [0.3, 0.4) is 0 Å². The Kier molecular flexibility index (Phi) is 4.76. The second-order valence-electron chi connectivity index (χ2n) is 5.37. The highest BCUT2D eigenvalue weighted by molar-refractivity contribution is 8.00. The Bertz CT molecular complexity index is 844. The predicted molar refractivity (Wildman–Crippen MR) is 90.5 cm³/mol. The first-order valence-electron chi connectivity index (χ1n) is 7.40. The van der Waals surface area contributed by atoms with E-state index in [1.165, 1.54) is 23.9 Å². The topological polar surface area (TPSA) is 56.0 Å². The van der Waals surface area contributed by atoms with Crippen molar-refractivity contribution in [3.63, 3.8) is 0 Å². The Morgan fingerprint density at radius 2 is 1.75 bits per heavy atom. The summed E-state index contributed by atoms with van der Waals surface area (Å²) in [6.07, 6.45) is 0. The number of hydrogen-bond acceptors (Lipinski definition) is 5. The van der Waals surface area contributed by atoms with Gasteiger partial charge in [0.15, 0.2) is 5.78 Å². The predicted octanol–water partition coefficient (Wildman–Crippen LogP) is 4.55. The summed E-state index contributed by atoms with van der Waals surface area (Å²) >= 11 is 1.21. The van der Waals surface area contributed by atoms with Gasteiger partial charge in [-0.05, 0) is 38.1 Å². The fourth-order valence-corrected chi connectivity index (χ4v) is 2.88. The maximum Gasteiger partial charge on any atom is 0.277 e.